The molecule has 2 amide bonds. The number of ether oxygens (including phenoxy) is 1. The van der Waals surface area contributed by atoms with Crippen molar-refractivity contribution in [2.24, 2.45) is 7.05 Å². The summed E-state index contributed by atoms with van der Waals surface area (Å²) in [6, 6.07) is 9.43. The van der Waals surface area contributed by atoms with Gasteiger partial charge in [0.25, 0.3) is 11.8 Å². The summed E-state index contributed by atoms with van der Waals surface area (Å²) in [5.74, 6) is 0.000843. The number of benzene rings is 1. The van der Waals surface area contributed by atoms with Crippen molar-refractivity contribution >= 4 is 11.8 Å². The van der Waals surface area contributed by atoms with E-state index >= 15 is 0 Å². The molecule has 1 fully saturated rings. The molecule has 0 unspecified atom stereocenters. The van der Waals surface area contributed by atoms with Crippen LogP contribution < -0.4 is 10.1 Å². The number of hydrogen-bond donors (Lipinski definition) is 1. The van der Waals surface area contributed by atoms with E-state index < -0.39 is 0 Å². The fourth-order valence-corrected chi connectivity index (χ4v) is 3.58. The molecule has 11 nitrogen and oxygen atoms in total. The Bertz CT molecular complexity index is 1070. The molecule has 0 radical (unpaired) electrons. The van der Waals surface area contributed by atoms with E-state index in [9.17, 15) is 9.59 Å². The fourth-order valence-electron chi connectivity index (χ4n) is 3.58. The molecule has 168 valence electrons. The second kappa shape index (κ2) is 9.60. The largest absolute Gasteiger partial charge is 0.479 e. The van der Waals surface area contributed by atoms with Crippen molar-refractivity contribution < 1.29 is 14.3 Å². The van der Waals surface area contributed by atoms with Crippen LogP contribution in [0.3, 0.4) is 0 Å². The highest BCUT2D eigenvalue weighted by atomic mass is 16.5. The average Bonchev–Trinajstić information content (AvgIpc) is 3.46. The quantitative estimate of drug-likeness (QED) is 0.561. The van der Waals surface area contributed by atoms with Gasteiger partial charge in [0.05, 0.1) is 19.0 Å². The summed E-state index contributed by atoms with van der Waals surface area (Å²) in [4.78, 5) is 30.6. The second-order valence-corrected chi connectivity index (χ2v) is 7.47. The second-order valence-electron chi connectivity index (χ2n) is 7.47. The first-order valence-corrected chi connectivity index (χ1v) is 10.4. The molecular formula is C21H26N8O3. The highest BCUT2D eigenvalue weighted by Crippen LogP contribution is 2.18. The minimum Gasteiger partial charge on any atom is -0.479 e. The summed E-state index contributed by atoms with van der Waals surface area (Å²) in [5, 5.41) is 15.4. The van der Waals surface area contributed by atoms with Gasteiger partial charge in [-0.05, 0) is 12.1 Å². The van der Waals surface area contributed by atoms with Crippen LogP contribution in [0.15, 0.2) is 42.7 Å². The van der Waals surface area contributed by atoms with Gasteiger partial charge >= 0.3 is 0 Å². The van der Waals surface area contributed by atoms with Crippen LogP contribution in [0.1, 0.15) is 20.8 Å². The third kappa shape index (κ3) is 4.78. The Morgan fingerprint density at radius 3 is 2.56 bits per heavy atom. The van der Waals surface area contributed by atoms with E-state index in [1.807, 2.05) is 30.3 Å². The van der Waals surface area contributed by atoms with Gasteiger partial charge in [-0.25, -0.2) is 0 Å². The van der Waals surface area contributed by atoms with Gasteiger partial charge < -0.3 is 15.0 Å². The summed E-state index contributed by atoms with van der Waals surface area (Å²) in [6.45, 7) is 3.85. The summed E-state index contributed by atoms with van der Waals surface area (Å²) in [5.41, 5.74) is 1.54. The molecule has 1 aromatic carbocycles. The number of amides is 2. The van der Waals surface area contributed by atoms with E-state index in [-0.39, 0.29) is 17.5 Å². The molecule has 1 N–H and O–H groups in total. The molecule has 3 heterocycles. The Kier molecular flexibility index (Phi) is 6.45. The zero-order valence-corrected chi connectivity index (χ0v) is 18.1. The van der Waals surface area contributed by atoms with Crippen LogP contribution in [0.2, 0.25) is 0 Å². The lowest BCUT2D eigenvalue weighted by atomic mass is 10.2. The third-order valence-electron chi connectivity index (χ3n) is 5.30. The Labute approximate surface area is 185 Å². The molecule has 1 saturated heterocycles. The summed E-state index contributed by atoms with van der Waals surface area (Å²) in [6.07, 6.45) is 3.14. The van der Waals surface area contributed by atoms with Crippen LogP contribution in [-0.2, 0) is 7.05 Å². The molecule has 0 atom stereocenters. The van der Waals surface area contributed by atoms with Crippen LogP contribution in [0.25, 0.3) is 5.69 Å². The predicted octanol–water partition coefficient (Wildman–Crippen LogP) is 0.197. The lowest BCUT2D eigenvalue weighted by molar-refractivity contribution is 0.0634. The van der Waals surface area contributed by atoms with E-state index in [4.69, 9.17) is 4.74 Å². The summed E-state index contributed by atoms with van der Waals surface area (Å²) >= 11 is 0. The van der Waals surface area contributed by atoms with Crippen LogP contribution in [-0.4, -0.2) is 92.8 Å². The third-order valence-corrected chi connectivity index (χ3v) is 5.30. The van der Waals surface area contributed by atoms with Crippen molar-refractivity contribution in [3.8, 4) is 11.6 Å². The molecular weight excluding hydrogens is 412 g/mol. The molecule has 1 aliphatic heterocycles. The van der Waals surface area contributed by atoms with Crippen LogP contribution >= 0.6 is 0 Å². The maximum Gasteiger partial charge on any atom is 0.273 e. The molecule has 32 heavy (non-hydrogen) atoms. The van der Waals surface area contributed by atoms with E-state index in [1.165, 1.54) is 18.1 Å². The summed E-state index contributed by atoms with van der Waals surface area (Å²) < 4.78 is 6.77. The van der Waals surface area contributed by atoms with Gasteiger partial charge in [0.1, 0.15) is 5.56 Å². The number of aromatic nitrogens is 5. The predicted molar refractivity (Wildman–Crippen MR) is 116 cm³/mol. The minimum atomic E-state index is -0.260. The minimum absolute atomic E-state index is 0.0793. The first kappa shape index (κ1) is 21.5. The van der Waals surface area contributed by atoms with Crippen molar-refractivity contribution in [1.82, 2.24) is 39.9 Å². The van der Waals surface area contributed by atoms with Gasteiger partial charge in [-0.3, -0.25) is 19.2 Å². The normalized spacial score (nSPS) is 14.4. The maximum absolute atomic E-state index is 12.8. The van der Waals surface area contributed by atoms with Crippen LogP contribution in [0, 0.1) is 0 Å². The van der Waals surface area contributed by atoms with Crippen LogP contribution in [0.5, 0.6) is 5.88 Å². The highest BCUT2D eigenvalue weighted by Gasteiger charge is 2.26. The van der Waals surface area contributed by atoms with Gasteiger partial charge in [-0.15, -0.1) is 10.2 Å². The van der Waals surface area contributed by atoms with Gasteiger partial charge in [-0.1, -0.05) is 18.2 Å². The Hall–Kier alpha value is -3.73. The van der Waals surface area contributed by atoms with E-state index in [0.29, 0.717) is 37.6 Å². The number of nitrogens with zero attached hydrogens (tertiary/aromatic N) is 7. The molecule has 4 rings (SSSR count). The lowest BCUT2D eigenvalue weighted by Gasteiger charge is -2.34. The highest BCUT2D eigenvalue weighted by molar-refractivity contribution is 5.96. The topological polar surface area (TPSA) is 110 Å². The molecule has 11 heteroatoms. The number of rotatable bonds is 7. The zero-order valence-electron chi connectivity index (χ0n) is 18.1. The Morgan fingerprint density at radius 2 is 1.84 bits per heavy atom. The number of carbonyl (C=O) groups excluding carboxylic acids is 2. The van der Waals surface area contributed by atoms with Crippen molar-refractivity contribution in [3.63, 3.8) is 0 Å². The van der Waals surface area contributed by atoms with E-state index in [2.05, 4.69) is 25.5 Å². The number of nitrogens with one attached hydrogen (secondary N) is 1. The van der Waals surface area contributed by atoms with Gasteiger partial charge in [-0.2, -0.15) is 9.90 Å². The SMILES string of the molecule is COc1nn(C)cc1C(=O)N1CCN(CCNC(=O)c2cnn(-c3ccccc3)n2)CC1. The average molecular weight is 438 g/mol. The van der Waals surface area contributed by atoms with Crippen molar-refractivity contribution in [2.45, 2.75) is 0 Å². The molecule has 0 saturated carbocycles. The molecule has 0 aliphatic carbocycles. The maximum atomic E-state index is 12.8. The molecule has 2 aromatic heterocycles. The Morgan fingerprint density at radius 1 is 1.09 bits per heavy atom. The summed E-state index contributed by atoms with van der Waals surface area (Å²) in [7, 11) is 3.27. The number of piperazine rings is 1. The van der Waals surface area contributed by atoms with Crippen molar-refractivity contribution in [1.29, 1.82) is 0 Å². The zero-order chi connectivity index (χ0) is 22.5. The Balaban J connectivity index is 1.22. The first-order valence-electron chi connectivity index (χ1n) is 10.4. The molecule has 0 spiro atoms. The van der Waals surface area contributed by atoms with E-state index in [0.717, 1.165) is 18.8 Å². The van der Waals surface area contributed by atoms with Crippen LogP contribution in [0.4, 0.5) is 0 Å². The fraction of sp³-hybridized carbons (Fsp3) is 0.381. The number of hydrogen-bond acceptors (Lipinski definition) is 7. The number of methoxy groups -OCH3 is 1. The lowest BCUT2D eigenvalue weighted by Crippen LogP contribution is -2.50. The van der Waals surface area contributed by atoms with Gasteiger partial charge in [0.15, 0.2) is 5.69 Å². The number of aryl methyl sites for hydroxylation is 1. The standard InChI is InChI=1S/C21H26N8O3/c1-26-15-17(20(25-26)32-2)21(31)28-12-10-27(11-13-28)9-8-22-19(30)18-14-23-29(24-18)16-6-4-3-5-7-16/h3-7,14-15H,8-13H2,1-2H3,(H,22,30). The molecule has 1 aliphatic rings. The van der Waals surface area contributed by atoms with Gasteiger partial charge in [0.2, 0.25) is 5.88 Å². The van der Waals surface area contributed by atoms with E-state index in [1.54, 1.807) is 22.8 Å². The molecule has 0 bridgehead atoms. The first-order chi connectivity index (χ1) is 15.5. The van der Waals surface area contributed by atoms with Crippen molar-refractivity contribution in [3.05, 3.63) is 54.0 Å². The van der Waals surface area contributed by atoms with Gasteiger partial charge in [0, 0.05) is 52.5 Å². The van der Waals surface area contributed by atoms with Crippen molar-refractivity contribution in [2.75, 3.05) is 46.4 Å². The monoisotopic (exact) mass is 438 g/mol. The number of carbonyl (C=O) groups is 2. The number of para-hydroxylation sites is 1. The molecule has 3 aromatic rings. The smallest absolute Gasteiger partial charge is 0.273 e.